The third-order valence-corrected chi connectivity index (χ3v) is 2.94. The highest BCUT2D eigenvalue weighted by molar-refractivity contribution is 6.42. The third kappa shape index (κ3) is 3.37. The molecule has 0 fully saturated rings. The lowest BCUT2D eigenvalue weighted by atomic mass is 10.1. The number of hydrogen-bond acceptors (Lipinski definition) is 2. The number of rotatable bonds is 5. The van der Waals surface area contributed by atoms with E-state index in [-0.39, 0.29) is 6.42 Å². The molecule has 1 aromatic carbocycles. The Bertz CT molecular complexity index is 379. The van der Waals surface area contributed by atoms with Crippen molar-refractivity contribution in [3.05, 3.63) is 33.8 Å². The molecule has 1 aromatic rings. The summed E-state index contributed by atoms with van der Waals surface area (Å²) in [6.07, 6.45) is -0.677. The van der Waals surface area contributed by atoms with Gasteiger partial charge in [-0.2, -0.15) is 0 Å². The van der Waals surface area contributed by atoms with E-state index in [0.29, 0.717) is 22.2 Å². The maximum atomic E-state index is 10.9. The van der Waals surface area contributed by atoms with Crippen molar-refractivity contribution in [3.63, 3.8) is 0 Å². The maximum absolute atomic E-state index is 10.9. The van der Waals surface area contributed by atoms with Crippen LogP contribution in [-0.2, 0) is 16.0 Å². The third-order valence-electron chi connectivity index (χ3n) is 2.08. The zero-order chi connectivity index (χ0) is 12.1. The molecule has 0 aromatic heterocycles. The van der Waals surface area contributed by atoms with E-state index >= 15 is 0 Å². The summed E-state index contributed by atoms with van der Waals surface area (Å²) < 4.78 is 5.10. The predicted molar refractivity (Wildman–Crippen MR) is 63.2 cm³/mol. The Hall–Kier alpha value is -0.770. The highest BCUT2D eigenvalue weighted by Crippen LogP contribution is 2.26. The maximum Gasteiger partial charge on any atom is 0.333 e. The van der Waals surface area contributed by atoms with Gasteiger partial charge < -0.3 is 9.84 Å². The largest absolute Gasteiger partial charge is 0.479 e. The molecule has 88 valence electrons. The van der Waals surface area contributed by atoms with E-state index < -0.39 is 12.1 Å². The molecule has 0 amide bonds. The van der Waals surface area contributed by atoms with Gasteiger partial charge >= 0.3 is 5.97 Å². The molecule has 0 spiro atoms. The molecule has 5 heteroatoms. The molecule has 0 heterocycles. The summed E-state index contributed by atoms with van der Waals surface area (Å²) >= 11 is 11.8. The normalized spacial score (nSPS) is 12.4. The summed E-state index contributed by atoms with van der Waals surface area (Å²) in [5.74, 6) is -1.00. The molecule has 3 nitrogen and oxygen atoms in total. The Morgan fingerprint density at radius 2 is 2.19 bits per heavy atom. The number of ether oxygens (including phenoxy) is 1. The number of halogens is 2. The topological polar surface area (TPSA) is 46.5 Å². The molecule has 0 aliphatic heterocycles. The van der Waals surface area contributed by atoms with Gasteiger partial charge in [0, 0.05) is 13.0 Å². The summed E-state index contributed by atoms with van der Waals surface area (Å²) in [5, 5.41) is 9.73. The fraction of sp³-hybridized carbons (Fsp3) is 0.364. The first-order valence-electron chi connectivity index (χ1n) is 4.83. The van der Waals surface area contributed by atoms with E-state index in [1.807, 2.05) is 0 Å². The average molecular weight is 263 g/mol. The highest BCUT2D eigenvalue weighted by Gasteiger charge is 2.19. The SMILES string of the molecule is CCO[C@H](Cc1cccc(Cl)c1Cl)C(=O)O. The second-order valence-electron chi connectivity index (χ2n) is 3.20. The summed E-state index contributed by atoms with van der Waals surface area (Å²) in [6, 6.07) is 5.13. The molecule has 16 heavy (non-hydrogen) atoms. The van der Waals surface area contributed by atoms with Gasteiger partial charge in [0.25, 0.3) is 0 Å². The minimum atomic E-state index is -1.00. The zero-order valence-electron chi connectivity index (χ0n) is 8.74. The van der Waals surface area contributed by atoms with Gasteiger partial charge in [-0.1, -0.05) is 35.3 Å². The van der Waals surface area contributed by atoms with Crippen LogP contribution in [0.4, 0.5) is 0 Å². The molecule has 0 aliphatic rings. The van der Waals surface area contributed by atoms with Crippen LogP contribution in [0.5, 0.6) is 0 Å². The summed E-state index contributed by atoms with van der Waals surface area (Å²) in [4.78, 5) is 10.9. The van der Waals surface area contributed by atoms with Crippen LogP contribution in [0.1, 0.15) is 12.5 Å². The number of carbonyl (C=O) groups is 1. The fourth-order valence-electron chi connectivity index (χ4n) is 1.32. The van der Waals surface area contributed by atoms with Gasteiger partial charge in [-0.15, -0.1) is 0 Å². The molecule has 1 rings (SSSR count). The lowest BCUT2D eigenvalue weighted by Crippen LogP contribution is -2.26. The van der Waals surface area contributed by atoms with E-state index in [1.54, 1.807) is 25.1 Å². The standard InChI is InChI=1S/C11H12Cl2O3/c1-2-16-9(11(14)15)6-7-4-3-5-8(12)10(7)13/h3-5,9H,2,6H2,1H3,(H,14,15)/t9-/m1/s1. The first kappa shape index (κ1) is 13.3. The van der Waals surface area contributed by atoms with Crippen LogP contribution in [0.25, 0.3) is 0 Å². The first-order chi connectivity index (χ1) is 7.56. The Morgan fingerprint density at radius 1 is 1.50 bits per heavy atom. The van der Waals surface area contributed by atoms with Gasteiger partial charge in [0.1, 0.15) is 0 Å². The van der Waals surface area contributed by atoms with Gasteiger partial charge in [-0.25, -0.2) is 4.79 Å². The lowest BCUT2D eigenvalue weighted by Gasteiger charge is -2.13. The van der Waals surface area contributed by atoms with Crippen molar-refractivity contribution in [2.75, 3.05) is 6.61 Å². The fourth-order valence-corrected chi connectivity index (χ4v) is 1.72. The number of aliphatic carboxylic acids is 1. The predicted octanol–water partition coefficient (Wildman–Crippen LogP) is 3.03. The smallest absolute Gasteiger partial charge is 0.333 e. The van der Waals surface area contributed by atoms with Crippen LogP contribution < -0.4 is 0 Å². The van der Waals surface area contributed by atoms with Crippen molar-refractivity contribution in [1.29, 1.82) is 0 Å². The van der Waals surface area contributed by atoms with Crippen LogP contribution in [0.3, 0.4) is 0 Å². The lowest BCUT2D eigenvalue weighted by molar-refractivity contribution is -0.149. The van der Waals surface area contributed by atoms with Crippen molar-refractivity contribution in [2.24, 2.45) is 0 Å². The van der Waals surface area contributed by atoms with Gasteiger partial charge in [-0.3, -0.25) is 0 Å². The van der Waals surface area contributed by atoms with Crippen molar-refractivity contribution in [3.8, 4) is 0 Å². The molecule has 0 aliphatic carbocycles. The molecule has 1 N–H and O–H groups in total. The molecule has 0 bridgehead atoms. The molecule has 0 unspecified atom stereocenters. The van der Waals surface area contributed by atoms with Gasteiger partial charge in [0.05, 0.1) is 10.0 Å². The average Bonchev–Trinajstić information content (AvgIpc) is 2.23. The molecule has 1 atom stereocenters. The number of carboxylic acids is 1. The summed E-state index contributed by atoms with van der Waals surface area (Å²) in [7, 11) is 0. The number of benzene rings is 1. The van der Waals surface area contributed by atoms with Crippen molar-refractivity contribution in [2.45, 2.75) is 19.4 Å². The second kappa shape index (κ2) is 6.09. The van der Waals surface area contributed by atoms with Crippen molar-refractivity contribution in [1.82, 2.24) is 0 Å². The summed E-state index contributed by atoms with van der Waals surface area (Å²) in [6.45, 7) is 2.09. The van der Waals surface area contributed by atoms with Crippen LogP contribution in [0.2, 0.25) is 10.0 Å². The Kier molecular flexibility index (Phi) is 5.06. The minimum Gasteiger partial charge on any atom is -0.479 e. The molecule has 0 saturated carbocycles. The van der Waals surface area contributed by atoms with Crippen LogP contribution in [0, 0.1) is 0 Å². The summed E-state index contributed by atoms with van der Waals surface area (Å²) in [5.41, 5.74) is 0.676. The van der Waals surface area contributed by atoms with E-state index in [2.05, 4.69) is 0 Å². The van der Waals surface area contributed by atoms with Crippen molar-refractivity contribution >= 4 is 29.2 Å². The van der Waals surface area contributed by atoms with Crippen molar-refractivity contribution < 1.29 is 14.6 Å². The number of hydrogen-bond donors (Lipinski definition) is 1. The van der Waals surface area contributed by atoms with E-state index in [4.69, 9.17) is 33.0 Å². The van der Waals surface area contributed by atoms with E-state index in [1.165, 1.54) is 0 Å². The molecule has 0 radical (unpaired) electrons. The Labute approximate surface area is 104 Å². The Balaban J connectivity index is 2.85. The van der Waals surface area contributed by atoms with Gasteiger partial charge in [-0.05, 0) is 18.6 Å². The van der Waals surface area contributed by atoms with Gasteiger partial charge in [0.15, 0.2) is 6.10 Å². The highest BCUT2D eigenvalue weighted by atomic mass is 35.5. The van der Waals surface area contributed by atoms with Crippen LogP contribution in [-0.4, -0.2) is 23.8 Å². The van der Waals surface area contributed by atoms with Gasteiger partial charge in [0.2, 0.25) is 0 Å². The van der Waals surface area contributed by atoms with Crippen LogP contribution >= 0.6 is 23.2 Å². The Morgan fingerprint density at radius 3 is 2.75 bits per heavy atom. The molecular weight excluding hydrogens is 251 g/mol. The van der Waals surface area contributed by atoms with E-state index in [0.717, 1.165) is 0 Å². The molecular formula is C11H12Cl2O3. The minimum absolute atomic E-state index is 0.211. The molecule has 0 saturated heterocycles. The zero-order valence-corrected chi connectivity index (χ0v) is 10.3. The first-order valence-corrected chi connectivity index (χ1v) is 5.59. The van der Waals surface area contributed by atoms with Crippen LogP contribution in [0.15, 0.2) is 18.2 Å². The quantitative estimate of drug-likeness (QED) is 0.888. The number of carboxylic acid groups (broad SMARTS) is 1. The second-order valence-corrected chi connectivity index (χ2v) is 3.98. The monoisotopic (exact) mass is 262 g/mol. The van der Waals surface area contributed by atoms with E-state index in [9.17, 15) is 4.79 Å².